The fourth-order valence-electron chi connectivity index (χ4n) is 1.07. The van der Waals surface area contributed by atoms with Crippen molar-refractivity contribution in [1.82, 2.24) is 0 Å². The number of aliphatic hydroxyl groups excluding tert-OH is 1. The lowest BCUT2D eigenvalue weighted by Crippen LogP contribution is -2.13. The molecule has 0 spiro atoms. The van der Waals surface area contributed by atoms with Crippen LogP contribution in [0.25, 0.3) is 0 Å². The van der Waals surface area contributed by atoms with Crippen LogP contribution in [-0.4, -0.2) is 23.9 Å². The molecule has 0 aromatic heterocycles. The van der Waals surface area contributed by atoms with Crippen LogP contribution in [0.1, 0.15) is 32.6 Å². The third-order valence-corrected chi connectivity index (χ3v) is 1.89. The van der Waals surface area contributed by atoms with E-state index in [2.05, 4.69) is 6.92 Å². The molecule has 0 saturated carbocycles. The molecule has 10 heavy (non-hydrogen) atoms. The van der Waals surface area contributed by atoms with E-state index >= 15 is 0 Å². The number of ether oxygens (including phenoxy) is 1. The maximum atomic E-state index is 9.29. The van der Waals surface area contributed by atoms with Crippen LogP contribution in [0.4, 0.5) is 0 Å². The van der Waals surface area contributed by atoms with Gasteiger partial charge in [-0.25, -0.2) is 0 Å². The lowest BCUT2D eigenvalue weighted by molar-refractivity contribution is 0.123. The van der Waals surface area contributed by atoms with Crippen LogP contribution >= 0.6 is 0 Å². The van der Waals surface area contributed by atoms with Crippen LogP contribution in [0.3, 0.4) is 0 Å². The molecule has 0 bridgehead atoms. The molecule has 0 aromatic rings. The van der Waals surface area contributed by atoms with Gasteiger partial charge in [-0.3, -0.25) is 0 Å². The highest BCUT2D eigenvalue weighted by atomic mass is 16.6. The SMILES string of the molecule is CCCCC[C@H](O)C1CO1. The fraction of sp³-hybridized carbons (Fsp3) is 1.00. The van der Waals surface area contributed by atoms with E-state index in [1.165, 1.54) is 12.8 Å². The average Bonchev–Trinajstić information content (AvgIpc) is 2.69. The number of hydrogen-bond acceptors (Lipinski definition) is 2. The van der Waals surface area contributed by atoms with Gasteiger partial charge in [-0.15, -0.1) is 0 Å². The van der Waals surface area contributed by atoms with Crippen molar-refractivity contribution in [2.45, 2.75) is 44.8 Å². The van der Waals surface area contributed by atoms with Crippen LogP contribution in [0, 0.1) is 0 Å². The largest absolute Gasteiger partial charge is 0.390 e. The van der Waals surface area contributed by atoms with E-state index in [1.807, 2.05) is 0 Å². The van der Waals surface area contributed by atoms with Gasteiger partial charge in [-0.1, -0.05) is 26.2 Å². The Balaban J connectivity index is 1.90. The van der Waals surface area contributed by atoms with Gasteiger partial charge in [0.15, 0.2) is 0 Å². The van der Waals surface area contributed by atoms with E-state index in [-0.39, 0.29) is 12.2 Å². The highest BCUT2D eigenvalue weighted by Gasteiger charge is 2.30. The van der Waals surface area contributed by atoms with Crippen molar-refractivity contribution in [1.29, 1.82) is 0 Å². The van der Waals surface area contributed by atoms with E-state index in [9.17, 15) is 5.11 Å². The predicted octanol–water partition coefficient (Wildman–Crippen LogP) is 1.33. The maximum Gasteiger partial charge on any atom is 0.107 e. The van der Waals surface area contributed by atoms with E-state index in [1.54, 1.807) is 0 Å². The summed E-state index contributed by atoms with van der Waals surface area (Å²) in [6.07, 6.45) is 4.49. The quantitative estimate of drug-likeness (QED) is 0.466. The number of epoxide rings is 1. The van der Waals surface area contributed by atoms with Gasteiger partial charge in [0.05, 0.1) is 12.7 Å². The molecule has 1 fully saturated rings. The summed E-state index contributed by atoms with van der Waals surface area (Å²) in [7, 11) is 0. The van der Waals surface area contributed by atoms with Crippen LogP contribution in [0.5, 0.6) is 0 Å². The number of rotatable bonds is 5. The minimum atomic E-state index is -0.188. The molecule has 60 valence electrons. The van der Waals surface area contributed by atoms with Gasteiger partial charge in [0.1, 0.15) is 6.10 Å². The standard InChI is InChI=1S/C8H16O2/c1-2-3-4-5-7(9)8-6-10-8/h7-9H,2-6H2,1H3/t7-,8?/m0/s1. The molecule has 0 radical (unpaired) electrons. The molecule has 1 saturated heterocycles. The molecule has 2 heteroatoms. The molecule has 1 heterocycles. The molecular weight excluding hydrogens is 128 g/mol. The van der Waals surface area contributed by atoms with Gasteiger partial charge in [-0.2, -0.15) is 0 Å². The normalized spacial score (nSPS) is 26.4. The Kier molecular flexibility index (Phi) is 3.16. The van der Waals surface area contributed by atoms with Crippen LogP contribution in [-0.2, 0) is 4.74 Å². The van der Waals surface area contributed by atoms with Crippen molar-refractivity contribution in [2.24, 2.45) is 0 Å². The summed E-state index contributed by atoms with van der Waals surface area (Å²) in [5.74, 6) is 0. The molecule has 1 aliphatic rings. The zero-order valence-electron chi connectivity index (χ0n) is 6.55. The van der Waals surface area contributed by atoms with Crippen LogP contribution in [0.15, 0.2) is 0 Å². The fourth-order valence-corrected chi connectivity index (χ4v) is 1.07. The molecule has 2 atom stereocenters. The van der Waals surface area contributed by atoms with Crippen molar-refractivity contribution >= 4 is 0 Å². The summed E-state index contributed by atoms with van der Waals surface area (Å²) >= 11 is 0. The zero-order valence-corrected chi connectivity index (χ0v) is 6.55. The second kappa shape index (κ2) is 3.94. The van der Waals surface area contributed by atoms with Gasteiger partial charge in [0, 0.05) is 0 Å². The number of hydrogen-bond donors (Lipinski definition) is 1. The van der Waals surface area contributed by atoms with Crippen molar-refractivity contribution in [2.75, 3.05) is 6.61 Å². The van der Waals surface area contributed by atoms with Crippen molar-refractivity contribution in [3.8, 4) is 0 Å². The molecule has 0 aliphatic carbocycles. The third-order valence-electron chi connectivity index (χ3n) is 1.89. The molecule has 2 nitrogen and oxygen atoms in total. The van der Waals surface area contributed by atoms with Gasteiger partial charge in [-0.05, 0) is 6.42 Å². The molecule has 1 rings (SSSR count). The Morgan fingerprint density at radius 2 is 2.30 bits per heavy atom. The van der Waals surface area contributed by atoms with Crippen LogP contribution in [0.2, 0.25) is 0 Å². The Morgan fingerprint density at radius 1 is 1.60 bits per heavy atom. The first-order valence-corrected chi connectivity index (χ1v) is 4.14. The second-order valence-electron chi connectivity index (χ2n) is 2.93. The monoisotopic (exact) mass is 144 g/mol. The molecule has 1 aliphatic heterocycles. The topological polar surface area (TPSA) is 32.8 Å². The number of unbranched alkanes of at least 4 members (excludes halogenated alkanes) is 2. The Morgan fingerprint density at radius 3 is 2.80 bits per heavy atom. The molecule has 0 aromatic carbocycles. The summed E-state index contributed by atoms with van der Waals surface area (Å²) in [6.45, 7) is 2.94. The van der Waals surface area contributed by atoms with E-state index in [0.29, 0.717) is 0 Å². The van der Waals surface area contributed by atoms with E-state index in [4.69, 9.17) is 4.74 Å². The molecule has 1 N–H and O–H groups in total. The third kappa shape index (κ3) is 2.67. The van der Waals surface area contributed by atoms with Crippen LogP contribution < -0.4 is 0 Å². The molecular formula is C8H16O2. The predicted molar refractivity (Wildman–Crippen MR) is 39.9 cm³/mol. The van der Waals surface area contributed by atoms with Crippen molar-refractivity contribution in [3.63, 3.8) is 0 Å². The lowest BCUT2D eigenvalue weighted by atomic mass is 10.1. The minimum absolute atomic E-state index is 0.178. The zero-order chi connectivity index (χ0) is 7.40. The maximum absolute atomic E-state index is 9.29. The summed E-state index contributed by atoms with van der Waals surface area (Å²) in [4.78, 5) is 0. The highest BCUT2D eigenvalue weighted by Crippen LogP contribution is 2.18. The highest BCUT2D eigenvalue weighted by molar-refractivity contribution is 4.77. The Bertz CT molecular complexity index is 89.3. The van der Waals surface area contributed by atoms with Crippen molar-refractivity contribution in [3.05, 3.63) is 0 Å². The molecule has 1 unspecified atom stereocenters. The summed E-state index contributed by atoms with van der Waals surface area (Å²) in [6, 6.07) is 0. The lowest BCUT2D eigenvalue weighted by Gasteiger charge is -2.04. The summed E-state index contributed by atoms with van der Waals surface area (Å²) in [5.41, 5.74) is 0. The minimum Gasteiger partial charge on any atom is -0.390 e. The first-order chi connectivity index (χ1) is 4.84. The van der Waals surface area contributed by atoms with Gasteiger partial charge < -0.3 is 9.84 Å². The summed E-state index contributed by atoms with van der Waals surface area (Å²) in [5, 5.41) is 9.29. The van der Waals surface area contributed by atoms with E-state index in [0.717, 1.165) is 19.4 Å². The Labute approximate surface area is 62.2 Å². The smallest absolute Gasteiger partial charge is 0.107 e. The second-order valence-corrected chi connectivity index (χ2v) is 2.93. The van der Waals surface area contributed by atoms with E-state index < -0.39 is 0 Å². The number of aliphatic hydroxyl groups is 1. The molecule has 0 amide bonds. The Hall–Kier alpha value is -0.0800. The first kappa shape index (κ1) is 8.02. The van der Waals surface area contributed by atoms with Gasteiger partial charge >= 0.3 is 0 Å². The van der Waals surface area contributed by atoms with Gasteiger partial charge in [0.2, 0.25) is 0 Å². The van der Waals surface area contributed by atoms with Crippen molar-refractivity contribution < 1.29 is 9.84 Å². The first-order valence-electron chi connectivity index (χ1n) is 4.14. The average molecular weight is 144 g/mol. The van der Waals surface area contributed by atoms with Gasteiger partial charge in [0.25, 0.3) is 0 Å². The summed E-state index contributed by atoms with van der Waals surface area (Å²) < 4.78 is 4.95.